The molecule has 1 spiro atoms. The number of thioether (sulfide) groups is 1. The topological polar surface area (TPSA) is 87.2 Å². The Bertz CT molecular complexity index is 860. The largest absolute Gasteiger partial charge is 0.465 e. The van der Waals surface area contributed by atoms with Crippen LogP contribution in [0.15, 0.2) is 24.3 Å². The fourth-order valence-corrected chi connectivity index (χ4v) is 8.08. The van der Waals surface area contributed by atoms with Crippen LogP contribution in [0.1, 0.15) is 52.9 Å². The van der Waals surface area contributed by atoms with E-state index in [0.29, 0.717) is 19.7 Å². The maximum Gasteiger partial charge on any atom is 0.311 e. The van der Waals surface area contributed by atoms with Crippen LogP contribution in [0.4, 0.5) is 0 Å². The highest BCUT2D eigenvalue weighted by Crippen LogP contribution is 2.65. The van der Waals surface area contributed by atoms with E-state index < -0.39 is 33.4 Å². The molecule has 33 heavy (non-hydrogen) atoms. The lowest BCUT2D eigenvalue weighted by atomic mass is 9.74. The van der Waals surface area contributed by atoms with Crippen LogP contribution in [0.5, 0.6) is 0 Å². The van der Waals surface area contributed by atoms with Crippen LogP contribution in [-0.2, 0) is 19.1 Å². The van der Waals surface area contributed by atoms with E-state index in [9.17, 15) is 19.5 Å². The van der Waals surface area contributed by atoms with Gasteiger partial charge in [0.15, 0.2) is 0 Å². The molecule has 8 heteroatoms. The smallest absolute Gasteiger partial charge is 0.311 e. The fraction of sp³-hybridized carbons (Fsp3) is 0.720. The van der Waals surface area contributed by atoms with Gasteiger partial charge in [-0.2, -0.15) is 0 Å². The molecule has 4 heterocycles. The molecule has 2 saturated heterocycles. The molecule has 1 N–H and O–H groups in total. The van der Waals surface area contributed by atoms with Gasteiger partial charge in [-0.25, -0.2) is 0 Å². The molecule has 6 atom stereocenters. The fourth-order valence-electron chi connectivity index (χ4n) is 5.94. The SMILES string of the molecule is CCCCCN1CC=C[C@]23S[C@]4(C)/C=C\CCCOC(=O)[C@@H]4[C@H]2C(=O)N([C@H](C)CO)C3C1=O. The van der Waals surface area contributed by atoms with E-state index in [0.717, 1.165) is 32.1 Å². The minimum Gasteiger partial charge on any atom is -0.465 e. The first-order chi connectivity index (χ1) is 15.8. The molecule has 7 nitrogen and oxygen atoms in total. The summed E-state index contributed by atoms with van der Waals surface area (Å²) in [5.74, 6) is -2.09. The van der Waals surface area contributed by atoms with Crippen molar-refractivity contribution in [3.63, 3.8) is 0 Å². The number of ether oxygens (including phenoxy) is 1. The minimum atomic E-state index is -0.876. The molecule has 182 valence electrons. The highest BCUT2D eigenvalue weighted by Gasteiger charge is 2.74. The molecule has 0 aromatic carbocycles. The van der Waals surface area contributed by atoms with Crippen LogP contribution in [0.3, 0.4) is 0 Å². The first-order valence-electron chi connectivity index (χ1n) is 12.2. The first-order valence-corrected chi connectivity index (χ1v) is 13.1. The number of amides is 2. The van der Waals surface area contributed by atoms with Gasteiger partial charge in [0.25, 0.3) is 0 Å². The highest BCUT2D eigenvalue weighted by atomic mass is 32.2. The third kappa shape index (κ3) is 3.93. The van der Waals surface area contributed by atoms with E-state index in [1.807, 2.05) is 30.1 Å². The molecule has 2 amide bonds. The lowest BCUT2D eigenvalue weighted by molar-refractivity contribution is -0.154. The predicted octanol–water partition coefficient (Wildman–Crippen LogP) is 2.54. The van der Waals surface area contributed by atoms with Crippen molar-refractivity contribution in [3.8, 4) is 0 Å². The van der Waals surface area contributed by atoms with Crippen molar-refractivity contribution in [1.82, 2.24) is 9.80 Å². The molecular formula is C25H36N2O5S. The van der Waals surface area contributed by atoms with Gasteiger partial charge in [0.2, 0.25) is 11.8 Å². The molecule has 4 rings (SSSR count). The number of allylic oxidation sites excluding steroid dienone is 1. The van der Waals surface area contributed by atoms with Gasteiger partial charge in [-0.3, -0.25) is 14.4 Å². The second kappa shape index (κ2) is 9.45. The van der Waals surface area contributed by atoms with Gasteiger partial charge in [-0.1, -0.05) is 44.1 Å². The summed E-state index contributed by atoms with van der Waals surface area (Å²) in [6, 6.07) is -1.27. The van der Waals surface area contributed by atoms with Gasteiger partial charge in [-0.15, -0.1) is 11.8 Å². The Morgan fingerprint density at radius 3 is 2.70 bits per heavy atom. The number of rotatable bonds is 6. The van der Waals surface area contributed by atoms with Crippen LogP contribution in [0.25, 0.3) is 0 Å². The van der Waals surface area contributed by atoms with Crippen molar-refractivity contribution in [1.29, 1.82) is 0 Å². The van der Waals surface area contributed by atoms with Crippen molar-refractivity contribution >= 4 is 29.5 Å². The lowest BCUT2D eigenvalue weighted by Gasteiger charge is -2.38. The van der Waals surface area contributed by atoms with Gasteiger partial charge in [0.05, 0.1) is 35.8 Å². The number of esters is 1. The van der Waals surface area contributed by atoms with Crippen molar-refractivity contribution in [2.45, 2.75) is 74.5 Å². The Kier molecular flexibility index (Phi) is 6.97. The lowest BCUT2D eigenvalue weighted by Crippen LogP contribution is -2.56. The summed E-state index contributed by atoms with van der Waals surface area (Å²) in [5, 5.41) is 9.97. The monoisotopic (exact) mass is 476 g/mol. The minimum absolute atomic E-state index is 0.0906. The standard InChI is InChI=1S/C25H36N2O5S/c1-4-5-8-13-26-14-10-12-25-18(21(29)27(17(2)16-28)20(25)22(26)30)19-23(31)32-15-9-6-7-11-24(19,3)33-25/h7,10-12,17-20,28H,4-6,8-9,13-16H2,1-3H3/b11-7-/t17-,18+,19+,20?,24-,25+/m1/s1. The van der Waals surface area contributed by atoms with Gasteiger partial charge in [-0.05, 0) is 33.1 Å². The van der Waals surface area contributed by atoms with Crippen molar-refractivity contribution < 1.29 is 24.2 Å². The van der Waals surface area contributed by atoms with Gasteiger partial charge in [0.1, 0.15) is 6.04 Å². The average Bonchev–Trinajstić information content (AvgIpc) is 3.15. The molecule has 0 aliphatic carbocycles. The summed E-state index contributed by atoms with van der Waals surface area (Å²) in [5.41, 5.74) is 0. The molecule has 0 aromatic heterocycles. The zero-order valence-corrected chi connectivity index (χ0v) is 20.7. The number of hydrogen-bond donors (Lipinski definition) is 1. The highest BCUT2D eigenvalue weighted by molar-refractivity contribution is 8.02. The number of unbranched alkanes of at least 4 members (excludes halogenated alkanes) is 2. The summed E-state index contributed by atoms with van der Waals surface area (Å²) in [6.45, 7) is 7.10. The zero-order valence-electron chi connectivity index (χ0n) is 19.9. The average molecular weight is 477 g/mol. The number of likely N-dealkylation sites (tertiary alicyclic amines) is 1. The van der Waals surface area contributed by atoms with E-state index in [1.165, 1.54) is 0 Å². The number of aliphatic hydroxyl groups excluding tert-OH is 1. The van der Waals surface area contributed by atoms with Crippen molar-refractivity contribution in [2.75, 3.05) is 26.3 Å². The molecular weight excluding hydrogens is 440 g/mol. The molecule has 0 saturated carbocycles. The van der Waals surface area contributed by atoms with Crippen LogP contribution in [-0.4, -0.2) is 80.6 Å². The number of cyclic esters (lactones) is 1. The number of carbonyl (C=O) groups excluding carboxylic acids is 3. The van der Waals surface area contributed by atoms with Crippen LogP contribution in [0, 0.1) is 11.8 Å². The van der Waals surface area contributed by atoms with E-state index in [4.69, 9.17) is 4.74 Å². The first kappa shape index (κ1) is 24.3. The molecule has 1 unspecified atom stereocenters. The number of carbonyl (C=O) groups is 3. The molecule has 0 bridgehead atoms. The third-order valence-electron chi connectivity index (χ3n) is 7.54. The van der Waals surface area contributed by atoms with E-state index in [1.54, 1.807) is 23.6 Å². The maximum atomic E-state index is 14.0. The summed E-state index contributed by atoms with van der Waals surface area (Å²) < 4.78 is 4.08. The Labute approximate surface area is 200 Å². The number of fused-ring (bicyclic) bond motifs is 2. The molecule has 4 aliphatic heterocycles. The van der Waals surface area contributed by atoms with Gasteiger partial charge >= 0.3 is 5.97 Å². The van der Waals surface area contributed by atoms with Crippen molar-refractivity contribution in [3.05, 3.63) is 24.3 Å². The summed E-state index contributed by atoms with van der Waals surface area (Å²) >= 11 is 1.55. The number of hydrogen-bond acceptors (Lipinski definition) is 6. The Morgan fingerprint density at radius 2 is 1.97 bits per heavy atom. The summed E-state index contributed by atoms with van der Waals surface area (Å²) in [6.07, 6.45) is 12.7. The number of nitrogens with zero attached hydrogens (tertiary/aromatic N) is 2. The Hall–Kier alpha value is -1.80. The second-order valence-corrected chi connectivity index (χ2v) is 11.7. The molecule has 0 radical (unpaired) electrons. The van der Waals surface area contributed by atoms with E-state index >= 15 is 0 Å². The van der Waals surface area contributed by atoms with E-state index in [2.05, 4.69) is 13.0 Å². The van der Waals surface area contributed by atoms with Crippen LogP contribution < -0.4 is 0 Å². The second-order valence-electron chi connectivity index (χ2n) is 9.88. The summed E-state index contributed by atoms with van der Waals surface area (Å²) in [7, 11) is 0. The van der Waals surface area contributed by atoms with Gasteiger partial charge in [0, 0.05) is 17.8 Å². The molecule has 0 aromatic rings. The quantitative estimate of drug-likeness (QED) is 0.360. The Morgan fingerprint density at radius 1 is 1.18 bits per heavy atom. The van der Waals surface area contributed by atoms with Crippen LogP contribution in [0.2, 0.25) is 0 Å². The molecule has 4 aliphatic rings. The van der Waals surface area contributed by atoms with E-state index in [-0.39, 0.29) is 24.4 Å². The molecule has 2 fully saturated rings. The third-order valence-corrected chi connectivity index (χ3v) is 9.34. The van der Waals surface area contributed by atoms with Crippen molar-refractivity contribution in [2.24, 2.45) is 11.8 Å². The Balaban J connectivity index is 1.81. The normalized spacial score (nSPS) is 37.9. The van der Waals surface area contributed by atoms with Gasteiger partial charge < -0.3 is 19.6 Å². The predicted molar refractivity (Wildman–Crippen MR) is 127 cm³/mol. The zero-order chi connectivity index (χ0) is 23.8. The summed E-state index contributed by atoms with van der Waals surface area (Å²) in [4.78, 5) is 44.6. The maximum absolute atomic E-state index is 14.0. The van der Waals surface area contributed by atoms with Crippen LogP contribution >= 0.6 is 11.8 Å². The number of aliphatic hydroxyl groups is 1.